The van der Waals surface area contributed by atoms with Gasteiger partial charge in [0.05, 0.1) is 17.7 Å². The van der Waals surface area contributed by atoms with Gasteiger partial charge in [0.25, 0.3) is 5.91 Å². The Morgan fingerprint density at radius 3 is 2.52 bits per heavy atom. The first-order valence-corrected chi connectivity index (χ1v) is 12.1. The van der Waals surface area contributed by atoms with Gasteiger partial charge in [-0.2, -0.15) is 0 Å². The van der Waals surface area contributed by atoms with E-state index in [1.54, 1.807) is 16.9 Å². The first-order valence-electron chi connectivity index (χ1n) is 10.5. The molecule has 0 aliphatic carbocycles. The quantitative estimate of drug-likeness (QED) is 0.436. The maximum absolute atomic E-state index is 13.5. The van der Waals surface area contributed by atoms with Crippen molar-refractivity contribution in [3.05, 3.63) is 57.8 Å². The van der Waals surface area contributed by atoms with Crippen LogP contribution in [0.15, 0.2) is 51.6 Å². The van der Waals surface area contributed by atoms with E-state index in [-0.39, 0.29) is 23.8 Å². The molecule has 1 atom stereocenters. The highest BCUT2D eigenvalue weighted by atomic mass is 32.2. The topological polar surface area (TPSA) is 79.0 Å². The fraction of sp³-hybridized carbons (Fsp3) is 0.375. The van der Waals surface area contributed by atoms with Gasteiger partial charge in [-0.1, -0.05) is 42.8 Å². The fourth-order valence-electron chi connectivity index (χ4n) is 3.44. The summed E-state index contributed by atoms with van der Waals surface area (Å²) in [6, 6.07) is 3.57. The summed E-state index contributed by atoms with van der Waals surface area (Å²) in [6.45, 7) is 16.0. The highest BCUT2D eigenvalue weighted by Crippen LogP contribution is 2.41. The van der Waals surface area contributed by atoms with Gasteiger partial charge in [0.15, 0.2) is 0 Å². The van der Waals surface area contributed by atoms with Crippen LogP contribution in [0.4, 0.5) is 0 Å². The lowest BCUT2D eigenvalue weighted by atomic mass is 10.1. The molecule has 33 heavy (non-hydrogen) atoms. The van der Waals surface area contributed by atoms with Gasteiger partial charge in [0, 0.05) is 41.7 Å². The molecular formula is C24H31N3O4S2. The van der Waals surface area contributed by atoms with Gasteiger partial charge >= 0.3 is 0 Å². The van der Waals surface area contributed by atoms with Crippen molar-refractivity contribution in [1.29, 1.82) is 0 Å². The molecule has 1 aliphatic rings. The monoisotopic (exact) mass is 489 g/mol. The first kappa shape index (κ1) is 26.6. The number of amides is 3. The van der Waals surface area contributed by atoms with Crippen molar-refractivity contribution >= 4 is 41.2 Å². The zero-order valence-corrected chi connectivity index (χ0v) is 21.4. The molecule has 0 unspecified atom stereocenters. The van der Waals surface area contributed by atoms with E-state index < -0.39 is 0 Å². The van der Waals surface area contributed by atoms with E-state index in [0.29, 0.717) is 36.0 Å². The summed E-state index contributed by atoms with van der Waals surface area (Å²) in [5.41, 5.74) is 1.44. The number of aryl methyl sites for hydroxylation is 1. The normalized spacial score (nSPS) is 16.3. The molecular weight excluding hydrogens is 458 g/mol. The number of ether oxygens (including phenoxy) is 1. The number of carbonyl (C=O) groups is 3. The predicted octanol–water partition coefficient (Wildman–Crippen LogP) is 4.16. The summed E-state index contributed by atoms with van der Waals surface area (Å²) in [7, 11) is 1.55. The Labute approximate surface area is 204 Å². The summed E-state index contributed by atoms with van der Waals surface area (Å²) in [5.74, 6) is 0.0727. The Morgan fingerprint density at radius 2 is 1.97 bits per heavy atom. The maximum atomic E-state index is 13.5. The van der Waals surface area contributed by atoms with E-state index in [1.165, 1.54) is 36.5 Å². The standard InChI is InChI=1S/C24H31N3O4S2/c1-8-22(29)26-10-11-27(16(4)14-26)24(30)19-13-21(15(3)12-20(19)31-7)33-23(9-2)32-18(6)25-17(5)28/h8-9,12-13,16H,1,6,10-11,14H2,2-5,7H3,(H,25,28)/b23-9+/t16-/m0/s1. The average molecular weight is 490 g/mol. The Bertz CT molecular complexity index is 990. The molecule has 9 heteroatoms. The Kier molecular flexibility index (Phi) is 9.67. The molecule has 1 heterocycles. The van der Waals surface area contributed by atoms with Crippen LogP contribution in [0.25, 0.3) is 0 Å². The number of carbonyl (C=O) groups excluding carboxylic acids is 3. The summed E-state index contributed by atoms with van der Waals surface area (Å²) >= 11 is 2.86. The lowest BCUT2D eigenvalue weighted by molar-refractivity contribution is -0.128. The molecule has 1 N–H and O–H groups in total. The summed E-state index contributed by atoms with van der Waals surface area (Å²) in [5, 5.41) is 3.21. The Morgan fingerprint density at radius 1 is 1.27 bits per heavy atom. The van der Waals surface area contributed by atoms with Gasteiger partial charge in [-0.15, -0.1) is 0 Å². The van der Waals surface area contributed by atoms with Gasteiger partial charge < -0.3 is 19.9 Å². The van der Waals surface area contributed by atoms with Crippen LogP contribution in [0.1, 0.15) is 36.7 Å². The van der Waals surface area contributed by atoms with Crippen molar-refractivity contribution < 1.29 is 19.1 Å². The number of methoxy groups -OCH3 is 1. The second kappa shape index (κ2) is 12.0. The largest absolute Gasteiger partial charge is 0.496 e. The molecule has 3 amide bonds. The lowest BCUT2D eigenvalue weighted by Crippen LogP contribution is -2.55. The number of nitrogens with zero attached hydrogens (tertiary/aromatic N) is 2. The minimum Gasteiger partial charge on any atom is -0.496 e. The van der Waals surface area contributed by atoms with Gasteiger partial charge in [-0.25, -0.2) is 0 Å². The Balaban J connectivity index is 2.27. The summed E-state index contributed by atoms with van der Waals surface area (Å²) < 4.78 is 6.45. The molecule has 0 saturated carbocycles. The molecule has 1 aromatic rings. The molecule has 178 valence electrons. The minimum atomic E-state index is -0.175. The maximum Gasteiger partial charge on any atom is 0.258 e. The van der Waals surface area contributed by atoms with Crippen molar-refractivity contribution in [1.82, 2.24) is 15.1 Å². The van der Waals surface area contributed by atoms with Gasteiger partial charge in [0.2, 0.25) is 11.8 Å². The fourth-order valence-corrected chi connectivity index (χ4v) is 5.47. The highest BCUT2D eigenvalue weighted by Gasteiger charge is 2.31. The zero-order chi connectivity index (χ0) is 24.7. The van der Waals surface area contributed by atoms with E-state index in [4.69, 9.17) is 4.74 Å². The summed E-state index contributed by atoms with van der Waals surface area (Å²) in [4.78, 5) is 41.1. The molecule has 1 saturated heterocycles. The predicted molar refractivity (Wildman–Crippen MR) is 135 cm³/mol. The lowest BCUT2D eigenvalue weighted by Gasteiger charge is -2.39. The molecule has 0 aromatic heterocycles. The molecule has 1 aliphatic heterocycles. The van der Waals surface area contributed by atoms with Crippen LogP contribution in [0.3, 0.4) is 0 Å². The van der Waals surface area contributed by atoms with E-state index in [1.807, 2.05) is 39.0 Å². The number of hydrogen-bond donors (Lipinski definition) is 1. The minimum absolute atomic E-state index is 0.127. The SMILES string of the molecule is C=CC(=O)N1CCN(C(=O)c2cc(S/C(=C/C)SC(=C)NC(C)=O)c(C)cc2OC)[C@@H](C)C1. The van der Waals surface area contributed by atoms with E-state index >= 15 is 0 Å². The molecule has 0 spiro atoms. The number of benzene rings is 1. The van der Waals surface area contributed by atoms with Gasteiger partial charge in [-0.3, -0.25) is 14.4 Å². The van der Waals surface area contributed by atoms with Crippen molar-refractivity contribution in [3.8, 4) is 5.75 Å². The number of piperazine rings is 1. The van der Waals surface area contributed by atoms with Crippen molar-refractivity contribution in [2.24, 2.45) is 0 Å². The third kappa shape index (κ3) is 6.91. The average Bonchev–Trinajstić information content (AvgIpc) is 2.77. The number of nitrogens with one attached hydrogen (secondary N) is 1. The van der Waals surface area contributed by atoms with E-state index in [0.717, 1.165) is 14.7 Å². The van der Waals surface area contributed by atoms with Crippen LogP contribution >= 0.6 is 23.5 Å². The van der Waals surface area contributed by atoms with Crippen LogP contribution < -0.4 is 10.1 Å². The molecule has 0 radical (unpaired) electrons. The smallest absolute Gasteiger partial charge is 0.258 e. The third-order valence-corrected chi connectivity index (χ3v) is 7.47. The number of allylic oxidation sites excluding steroid dienone is 1. The van der Waals surface area contributed by atoms with Crippen LogP contribution in [-0.2, 0) is 9.59 Å². The third-order valence-electron chi connectivity index (χ3n) is 5.09. The van der Waals surface area contributed by atoms with Gasteiger partial charge in [0.1, 0.15) is 5.75 Å². The van der Waals surface area contributed by atoms with Crippen LogP contribution in [-0.4, -0.2) is 60.3 Å². The molecule has 1 fully saturated rings. The highest BCUT2D eigenvalue weighted by molar-refractivity contribution is 8.24. The Hall–Kier alpha value is -2.65. The van der Waals surface area contributed by atoms with Crippen molar-refractivity contribution in [3.63, 3.8) is 0 Å². The molecule has 0 bridgehead atoms. The number of rotatable bonds is 8. The number of thioether (sulfide) groups is 2. The van der Waals surface area contributed by atoms with E-state index in [9.17, 15) is 14.4 Å². The number of hydrogen-bond acceptors (Lipinski definition) is 6. The second-order valence-electron chi connectivity index (χ2n) is 7.57. The molecule has 7 nitrogen and oxygen atoms in total. The van der Waals surface area contributed by atoms with E-state index in [2.05, 4.69) is 18.5 Å². The molecule has 2 rings (SSSR count). The first-order chi connectivity index (χ1) is 15.6. The zero-order valence-electron chi connectivity index (χ0n) is 19.8. The van der Waals surface area contributed by atoms with Crippen molar-refractivity contribution in [2.75, 3.05) is 26.7 Å². The van der Waals surface area contributed by atoms with Crippen LogP contribution in [0.2, 0.25) is 0 Å². The van der Waals surface area contributed by atoms with Crippen LogP contribution in [0, 0.1) is 6.92 Å². The van der Waals surface area contributed by atoms with Crippen LogP contribution in [0.5, 0.6) is 5.75 Å². The molecule has 1 aromatic carbocycles. The van der Waals surface area contributed by atoms with Crippen molar-refractivity contribution in [2.45, 2.75) is 38.6 Å². The summed E-state index contributed by atoms with van der Waals surface area (Å²) in [6.07, 6.45) is 3.24. The van der Waals surface area contributed by atoms with Gasteiger partial charge in [-0.05, 0) is 44.5 Å². The second-order valence-corrected chi connectivity index (χ2v) is 10.0.